The van der Waals surface area contributed by atoms with E-state index in [1.807, 2.05) is 13.8 Å². The molecule has 20 heavy (non-hydrogen) atoms. The standard InChI is InChI=1S/C13H20ClN3O2S/c1-4-15-11-6-5-10(14)12(17-11)13(18)16-9(2)7-8-20(3)19/h5-6,9H,4,7-8H2,1-3H3,(H,15,17)(H,16,18). The highest BCUT2D eigenvalue weighted by molar-refractivity contribution is 7.84. The lowest BCUT2D eigenvalue weighted by molar-refractivity contribution is 0.0934. The van der Waals surface area contributed by atoms with E-state index in [1.54, 1.807) is 18.4 Å². The van der Waals surface area contributed by atoms with Crippen LogP contribution in [0, 0.1) is 0 Å². The number of hydrogen-bond acceptors (Lipinski definition) is 4. The SMILES string of the molecule is CCNc1ccc(Cl)c(C(=O)NC(C)CCS(C)=O)n1. The Morgan fingerprint density at radius 3 is 2.80 bits per heavy atom. The molecule has 0 fully saturated rings. The summed E-state index contributed by atoms with van der Waals surface area (Å²) in [6.07, 6.45) is 2.30. The second-order valence-corrected chi connectivity index (χ2v) is 6.46. The summed E-state index contributed by atoms with van der Waals surface area (Å²) in [7, 11) is -0.859. The molecular weight excluding hydrogens is 298 g/mol. The van der Waals surface area contributed by atoms with Crippen molar-refractivity contribution in [2.45, 2.75) is 26.3 Å². The minimum absolute atomic E-state index is 0.0768. The third kappa shape index (κ3) is 5.46. The molecule has 1 aromatic rings. The molecule has 0 aromatic carbocycles. The van der Waals surface area contributed by atoms with Crippen LogP contribution >= 0.6 is 11.6 Å². The summed E-state index contributed by atoms with van der Waals surface area (Å²) in [4.78, 5) is 16.3. The van der Waals surface area contributed by atoms with Crippen molar-refractivity contribution in [3.05, 3.63) is 22.8 Å². The first-order valence-corrected chi connectivity index (χ1v) is 8.55. The van der Waals surface area contributed by atoms with Crippen molar-refractivity contribution < 1.29 is 9.00 Å². The van der Waals surface area contributed by atoms with Crippen LogP contribution in [0.4, 0.5) is 5.82 Å². The van der Waals surface area contributed by atoms with Crippen molar-refractivity contribution in [3.63, 3.8) is 0 Å². The average Bonchev–Trinajstić information content (AvgIpc) is 2.38. The summed E-state index contributed by atoms with van der Waals surface area (Å²) in [5.41, 5.74) is 0.203. The van der Waals surface area contributed by atoms with Crippen molar-refractivity contribution >= 4 is 34.1 Å². The van der Waals surface area contributed by atoms with Crippen LogP contribution in [0.3, 0.4) is 0 Å². The molecule has 0 aliphatic carbocycles. The first-order chi connectivity index (χ1) is 9.43. The van der Waals surface area contributed by atoms with E-state index in [1.165, 1.54) is 0 Å². The van der Waals surface area contributed by atoms with E-state index in [-0.39, 0.29) is 17.6 Å². The van der Waals surface area contributed by atoms with Crippen LogP contribution in [0.15, 0.2) is 12.1 Å². The van der Waals surface area contributed by atoms with Gasteiger partial charge in [-0.3, -0.25) is 9.00 Å². The first-order valence-electron chi connectivity index (χ1n) is 6.45. The minimum Gasteiger partial charge on any atom is -0.370 e. The number of anilines is 1. The number of pyridine rings is 1. The molecule has 5 nitrogen and oxygen atoms in total. The van der Waals surface area contributed by atoms with Gasteiger partial charge in [-0.1, -0.05) is 11.6 Å². The van der Waals surface area contributed by atoms with Gasteiger partial charge in [0, 0.05) is 35.4 Å². The van der Waals surface area contributed by atoms with E-state index >= 15 is 0 Å². The summed E-state index contributed by atoms with van der Waals surface area (Å²) in [5, 5.41) is 6.16. The molecule has 0 radical (unpaired) electrons. The van der Waals surface area contributed by atoms with Gasteiger partial charge in [0.15, 0.2) is 0 Å². The number of amides is 1. The Hall–Kier alpha value is -1.14. The Balaban J connectivity index is 2.71. The highest BCUT2D eigenvalue weighted by Crippen LogP contribution is 2.16. The highest BCUT2D eigenvalue weighted by Gasteiger charge is 2.15. The lowest BCUT2D eigenvalue weighted by Crippen LogP contribution is -2.34. The number of nitrogens with one attached hydrogen (secondary N) is 2. The molecule has 2 atom stereocenters. The second kappa shape index (κ2) is 8.21. The molecule has 0 saturated carbocycles. The molecule has 1 rings (SSSR count). The molecule has 0 aliphatic heterocycles. The van der Waals surface area contributed by atoms with Gasteiger partial charge in [-0.05, 0) is 32.4 Å². The summed E-state index contributed by atoms with van der Waals surface area (Å²) >= 11 is 6.00. The first kappa shape index (κ1) is 16.9. The maximum Gasteiger partial charge on any atom is 0.271 e. The maximum absolute atomic E-state index is 12.1. The van der Waals surface area contributed by atoms with Gasteiger partial charge in [0.05, 0.1) is 5.02 Å². The number of carbonyl (C=O) groups is 1. The molecule has 0 aliphatic rings. The summed E-state index contributed by atoms with van der Waals surface area (Å²) in [6, 6.07) is 3.30. The number of nitrogens with zero attached hydrogens (tertiary/aromatic N) is 1. The molecule has 1 amide bonds. The van der Waals surface area contributed by atoms with E-state index in [9.17, 15) is 9.00 Å². The van der Waals surface area contributed by atoms with Gasteiger partial charge in [0.1, 0.15) is 11.5 Å². The van der Waals surface area contributed by atoms with Crippen molar-refractivity contribution in [2.75, 3.05) is 23.9 Å². The van der Waals surface area contributed by atoms with Crippen LogP contribution in [-0.2, 0) is 10.8 Å². The van der Waals surface area contributed by atoms with Crippen LogP contribution in [0.2, 0.25) is 5.02 Å². The Bertz CT molecular complexity index is 497. The third-order valence-electron chi connectivity index (χ3n) is 2.63. The highest BCUT2D eigenvalue weighted by atomic mass is 35.5. The quantitative estimate of drug-likeness (QED) is 0.807. The molecule has 7 heteroatoms. The number of halogens is 1. The molecule has 2 unspecified atom stereocenters. The normalized spacial score (nSPS) is 13.6. The zero-order chi connectivity index (χ0) is 15.1. The smallest absolute Gasteiger partial charge is 0.271 e. The molecule has 1 aromatic heterocycles. The zero-order valence-electron chi connectivity index (χ0n) is 11.9. The third-order valence-corrected chi connectivity index (χ3v) is 3.75. The molecule has 1 heterocycles. The predicted octanol–water partition coefficient (Wildman–Crippen LogP) is 2.05. The lowest BCUT2D eigenvalue weighted by atomic mass is 10.2. The van der Waals surface area contributed by atoms with E-state index < -0.39 is 10.8 Å². The van der Waals surface area contributed by atoms with Crippen LogP contribution in [0.25, 0.3) is 0 Å². The predicted molar refractivity (Wildman–Crippen MR) is 83.9 cm³/mol. The summed E-state index contributed by atoms with van der Waals surface area (Å²) < 4.78 is 11.0. The Kier molecular flexibility index (Phi) is 6.95. The fourth-order valence-corrected chi connectivity index (χ4v) is 2.46. The molecule has 112 valence electrons. The molecular formula is C13H20ClN3O2S. The monoisotopic (exact) mass is 317 g/mol. The summed E-state index contributed by atoms with van der Waals surface area (Å²) in [5.74, 6) is 0.855. The van der Waals surface area contributed by atoms with Crippen molar-refractivity contribution in [3.8, 4) is 0 Å². The largest absolute Gasteiger partial charge is 0.370 e. The van der Waals surface area contributed by atoms with E-state index in [4.69, 9.17) is 11.6 Å². The number of hydrogen-bond donors (Lipinski definition) is 2. The fourth-order valence-electron chi connectivity index (χ4n) is 1.59. The van der Waals surface area contributed by atoms with E-state index in [0.29, 0.717) is 29.6 Å². The summed E-state index contributed by atoms with van der Waals surface area (Å²) in [6.45, 7) is 4.53. The van der Waals surface area contributed by atoms with Crippen LogP contribution in [0.1, 0.15) is 30.8 Å². The van der Waals surface area contributed by atoms with E-state index in [0.717, 1.165) is 0 Å². The Labute approximate surface area is 127 Å². The molecule has 0 bridgehead atoms. The fraction of sp³-hybridized carbons (Fsp3) is 0.538. The van der Waals surface area contributed by atoms with Crippen LogP contribution < -0.4 is 10.6 Å². The van der Waals surface area contributed by atoms with Crippen LogP contribution in [0.5, 0.6) is 0 Å². The maximum atomic E-state index is 12.1. The van der Waals surface area contributed by atoms with Gasteiger partial charge in [-0.15, -0.1) is 0 Å². The molecule has 2 N–H and O–H groups in total. The van der Waals surface area contributed by atoms with E-state index in [2.05, 4.69) is 15.6 Å². The van der Waals surface area contributed by atoms with Gasteiger partial charge in [0.2, 0.25) is 0 Å². The van der Waals surface area contributed by atoms with Gasteiger partial charge >= 0.3 is 0 Å². The Morgan fingerprint density at radius 2 is 2.20 bits per heavy atom. The number of carbonyl (C=O) groups excluding carboxylic acids is 1. The van der Waals surface area contributed by atoms with Crippen molar-refractivity contribution in [1.82, 2.24) is 10.3 Å². The molecule has 0 saturated heterocycles. The van der Waals surface area contributed by atoms with Crippen molar-refractivity contribution in [2.24, 2.45) is 0 Å². The average molecular weight is 318 g/mol. The lowest BCUT2D eigenvalue weighted by Gasteiger charge is -2.14. The number of rotatable bonds is 7. The van der Waals surface area contributed by atoms with Gasteiger partial charge in [0.25, 0.3) is 5.91 Å². The van der Waals surface area contributed by atoms with Gasteiger partial charge < -0.3 is 10.6 Å². The number of aromatic nitrogens is 1. The Morgan fingerprint density at radius 1 is 1.50 bits per heavy atom. The molecule has 0 spiro atoms. The minimum atomic E-state index is -0.859. The second-order valence-electron chi connectivity index (χ2n) is 4.50. The zero-order valence-corrected chi connectivity index (χ0v) is 13.5. The van der Waals surface area contributed by atoms with Gasteiger partial charge in [-0.2, -0.15) is 0 Å². The van der Waals surface area contributed by atoms with Gasteiger partial charge in [-0.25, -0.2) is 4.98 Å². The van der Waals surface area contributed by atoms with Crippen LogP contribution in [-0.4, -0.2) is 39.7 Å². The van der Waals surface area contributed by atoms with Crippen molar-refractivity contribution in [1.29, 1.82) is 0 Å². The topological polar surface area (TPSA) is 71.1 Å².